The molecule has 0 radical (unpaired) electrons. The first kappa shape index (κ1) is 29.9. The number of benzene rings is 8. The molecule has 2 heteroatoms. The lowest BCUT2D eigenvalue weighted by Crippen LogP contribution is -2.09. The number of nitrogens with zero attached hydrogens (tertiary/aromatic N) is 1. The molecule has 0 saturated heterocycles. The fourth-order valence-corrected chi connectivity index (χ4v) is 8.05. The molecule has 1 aromatic heterocycles. The van der Waals surface area contributed by atoms with Crippen LogP contribution in [0.15, 0.2) is 200 Å². The van der Waals surface area contributed by atoms with Gasteiger partial charge < -0.3 is 4.90 Å². The van der Waals surface area contributed by atoms with Crippen LogP contribution < -0.4 is 4.90 Å². The van der Waals surface area contributed by atoms with Crippen molar-refractivity contribution in [2.75, 3.05) is 4.90 Å². The van der Waals surface area contributed by atoms with Gasteiger partial charge in [0.05, 0.1) is 0 Å². The predicted molar refractivity (Wildman–Crippen MR) is 216 cm³/mol. The molecule has 1 nitrogen and oxygen atoms in total. The molecule has 0 aliphatic rings. The van der Waals surface area contributed by atoms with Gasteiger partial charge in [-0.25, -0.2) is 0 Å². The summed E-state index contributed by atoms with van der Waals surface area (Å²) in [6.07, 6.45) is 0. The zero-order chi connectivity index (χ0) is 33.3. The summed E-state index contributed by atoms with van der Waals surface area (Å²) in [5, 5.41) is 3.92. The molecule has 0 saturated carbocycles. The van der Waals surface area contributed by atoms with Crippen LogP contribution in [0.1, 0.15) is 0 Å². The average molecular weight is 656 g/mol. The van der Waals surface area contributed by atoms with E-state index >= 15 is 0 Å². The van der Waals surface area contributed by atoms with Gasteiger partial charge in [0.2, 0.25) is 0 Å². The molecule has 0 unspecified atom stereocenters. The molecule has 0 atom stereocenters. The minimum atomic E-state index is 1.11. The number of thiophene rings is 1. The van der Waals surface area contributed by atoms with Crippen LogP contribution >= 0.6 is 11.3 Å². The lowest BCUT2D eigenvalue weighted by Gasteiger charge is -2.26. The van der Waals surface area contributed by atoms with E-state index in [2.05, 4.69) is 205 Å². The molecule has 0 fully saturated rings. The third-order valence-corrected chi connectivity index (χ3v) is 10.7. The highest BCUT2D eigenvalue weighted by Gasteiger charge is 2.14. The molecular formula is C48H33NS. The van der Waals surface area contributed by atoms with Crippen LogP contribution in [0.4, 0.5) is 17.1 Å². The van der Waals surface area contributed by atoms with E-state index in [1.54, 1.807) is 0 Å². The van der Waals surface area contributed by atoms with Gasteiger partial charge in [-0.15, -0.1) is 11.3 Å². The standard InChI is InChI=1S/C48H33NS/c1-3-9-34(10-4-1)37-21-27-43(28-22-37)49(44-29-23-38(24-30-44)35-11-5-2-6-12-35)45-31-25-39(26-32-45)36-15-18-41(19-16-36)47-33-42-20-17-40-13-7-8-14-46(40)48(42)50-47/h1-33H. The highest BCUT2D eigenvalue weighted by atomic mass is 32.1. The summed E-state index contributed by atoms with van der Waals surface area (Å²) in [7, 11) is 0. The molecular weight excluding hydrogens is 623 g/mol. The van der Waals surface area contributed by atoms with Crippen LogP contribution in [0.2, 0.25) is 0 Å². The van der Waals surface area contributed by atoms with E-state index < -0.39 is 0 Å². The number of anilines is 3. The zero-order valence-corrected chi connectivity index (χ0v) is 28.2. The Balaban J connectivity index is 1.02. The maximum absolute atomic E-state index is 2.33. The van der Waals surface area contributed by atoms with Crippen LogP contribution in [0.5, 0.6) is 0 Å². The summed E-state index contributed by atoms with van der Waals surface area (Å²) in [5.74, 6) is 0. The lowest BCUT2D eigenvalue weighted by molar-refractivity contribution is 1.28. The van der Waals surface area contributed by atoms with Crippen molar-refractivity contribution in [2.24, 2.45) is 0 Å². The fraction of sp³-hybridized carbons (Fsp3) is 0. The molecule has 50 heavy (non-hydrogen) atoms. The van der Waals surface area contributed by atoms with Gasteiger partial charge in [0.15, 0.2) is 0 Å². The van der Waals surface area contributed by atoms with Crippen molar-refractivity contribution in [3.8, 4) is 43.8 Å². The smallest absolute Gasteiger partial charge is 0.0462 e. The maximum atomic E-state index is 2.33. The van der Waals surface area contributed by atoms with Gasteiger partial charge in [0, 0.05) is 26.6 Å². The number of hydrogen-bond acceptors (Lipinski definition) is 2. The van der Waals surface area contributed by atoms with Gasteiger partial charge in [0.25, 0.3) is 0 Å². The second-order valence-electron chi connectivity index (χ2n) is 12.6. The van der Waals surface area contributed by atoms with E-state index in [0.29, 0.717) is 0 Å². The van der Waals surface area contributed by atoms with Crippen LogP contribution in [-0.4, -0.2) is 0 Å². The lowest BCUT2D eigenvalue weighted by atomic mass is 10.0. The number of hydrogen-bond donors (Lipinski definition) is 0. The van der Waals surface area contributed by atoms with Crippen molar-refractivity contribution in [1.82, 2.24) is 0 Å². The Hall–Kier alpha value is -6.22. The van der Waals surface area contributed by atoms with Gasteiger partial charge in [-0.1, -0.05) is 158 Å². The number of rotatable bonds is 7. The maximum Gasteiger partial charge on any atom is 0.0462 e. The first-order valence-electron chi connectivity index (χ1n) is 17.0. The monoisotopic (exact) mass is 655 g/mol. The Morgan fingerprint density at radius 1 is 0.300 bits per heavy atom. The minimum Gasteiger partial charge on any atom is -0.311 e. The molecule has 0 aliphatic heterocycles. The highest BCUT2D eigenvalue weighted by Crippen LogP contribution is 2.40. The normalized spacial score (nSPS) is 11.2. The van der Waals surface area contributed by atoms with Crippen LogP contribution in [0.25, 0.3) is 64.7 Å². The molecule has 9 aromatic rings. The topological polar surface area (TPSA) is 3.24 Å². The third-order valence-electron chi connectivity index (χ3n) is 9.50. The molecule has 0 spiro atoms. The van der Waals surface area contributed by atoms with Gasteiger partial charge >= 0.3 is 0 Å². The van der Waals surface area contributed by atoms with Crippen molar-refractivity contribution in [3.05, 3.63) is 200 Å². The summed E-state index contributed by atoms with van der Waals surface area (Å²) in [5.41, 5.74) is 11.8. The Kier molecular flexibility index (Phi) is 7.77. The first-order chi connectivity index (χ1) is 24.8. The number of fused-ring (bicyclic) bond motifs is 3. The third kappa shape index (κ3) is 5.77. The molecule has 0 bridgehead atoms. The molecule has 9 rings (SSSR count). The van der Waals surface area contributed by atoms with Crippen molar-refractivity contribution in [3.63, 3.8) is 0 Å². The second kappa shape index (κ2) is 13.0. The van der Waals surface area contributed by atoms with Crippen molar-refractivity contribution >= 4 is 49.3 Å². The van der Waals surface area contributed by atoms with E-state index in [1.165, 1.54) is 64.7 Å². The summed E-state index contributed by atoms with van der Waals surface area (Å²) in [6, 6.07) is 72.2. The van der Waals surface area contributed by atoms with E-state index in [0.717, 1.165) is 17.1 Å². The van der Waals surface area contributed by atoms with Gasteiger partial charge in [-0.2, -0.15) is 0 Å². The zero-order valence-electron chi connectivity index (χ0n) is 27.4. The summed E-state index contributed by atoms with van der Waals surface area (Å²) < 4.78 is 1.35. The Morgan fingerprint density at radius 2 is 0.680 bits per heavy atom. The second-order valence-corrected chi connectivity index (χ2v) is 13.7. The van der Waals surface area contributed by atoms with Gasteiger partial charge in [-0.3, -0.25) is 0 Å². The minimum absolute atomic E-state index is 1.11. The van der Waals surface area contributed by atoms with E-state index in [1.807, 2.05) is 11.3 Å². The van der Waals surface area contributed by atoms with Crippen molar-refractivity contribution in [1.29, 1.82) is 0 Å². The molecule has 0 aliphatic carbocycles. The van der Waals surface area contributed by atoms with Crippen molar-refractivity contribution in [2.45, 2.75) is 0 Å². The largest absolute Gasteiger partial charge is 0.311 e. The quantitative estimate of drug-likeness (QED) is 0.165. The van der Waals surface area contributed by atoms with Gasteiger partial charge in [-0.05, 0) is 97.6 Å². The summed E-state index contributed by atoms with van der Waals surface area (Å²) in [6.45, 7) is 0. The highest BCUT2D eigenvalue weighted by molar-refractivity contribution is 7.23. The Bertz CT molecular complexity index is 2450. The summed E-state index contributed by atoms with van der Waals surface area (Å²) >= 11 is 1.88. The Morgan fingerprint density at radius 3 is 1.18 bits per heavy atom. The molecule has 8 aromatic carbocycles. The molecule has 0 amide bonds. The van der Waals surface area contributed by atoms with E-state index in [9.17, 15) is 0 Å². The first-order valence-corrected chi connectivity index (χ1v) is 17.8. The summed E-state index contributed by atoms with van der Waals surface area (Å²) in [4.78, 5) is 3.63. The molecule has 236 valence electrons. The average Bonchev–Trinajstić information content (AvgIpc) is 3.65. The van der Waals surface area contributed by atoms with Crippen LogP contribution in [0, 0.1) is 0 Å². The molecule has 1 heterocycles. The fourth-order valence-electron chi connectivity index (χ4n) is 6.85. The van der Waals surface area contributed by atoms with Crippen LogP contribution in [-0.2, 0) is 0 Å². The predicted octanol–water partition coefficient (Wildman–Crippen LogP) is 14.2. The molecule has 0 N–H and O–H groups in total. The van der Waals surface area contributed by atoms with Crippen molar-refractivity contribution < 1.29 is 0 Å². The Labute approximate surface area is 297 Å². The SMILES string of the molecule is c1ccc(-c2ccc(N(c3ccc(-c4ccccc4)cc3)c3ccc(-c4ccc(-c5cc6ccc7ccccc7c6s5)cc4)cc3)cc2)cc1. The van der Waals surface area contributed by atoms with Gasteiger partial charge in [0.1, 0.15) is 0 Å². The van der Waals surface area contributed by atoms with E-state index in [-0.39, 0.29) is 0 Å². The van der Waals surface area contributed by atoms with Crippen LogP contribution in [0.3, 0.4) is 0 Å². The van der Waals surface area contributed by atoms with E-state index in [4.69, 9.17) is 0 Å².